The van der Waals surface area contributed by atoms with Crippen LogP contribution in [0.4, 0.5) is 4.39 Å². The first-order valence-corrected chi connectivity index (χ1v) is 12.9. The minimum atomic E-state index is -3.70. The molecule has 10 nitrogen and oxygen atoms in total. The number of nitrogens with zero attached hydrogens (tertiary/aromatic N) is 4. The van der Waals surface area contributed by atoms with Gasteiger partial charge in [-0.05, 0) is 36.4 Å². The number of sulfonamides is 1. The van der Waals surface area contributed by atoms with Gasteiger partial charge in [-0.2, -0.15) is 9.57 Å². The average Bonchev–Trinajstić information content (AvgIpc) is 3.29. The lowest BCUT2D eigenvalue weighted by molar-refractivity contribution is -0.129. The van der Waals surface area contributed by atoms with Crippen LogP contribution in [-0.4, -0.2) is 66.3 Å². The highest BCUT2D eigenvalue weighted by atomic mass is 32.2. The number of oxime groups is 1. The number of halogens is 1. The number of benzene rings is 1. The molecular formula is C24H28FN5O5S. The van der Waals surface area contributed by atoms with E-state index >= 15 is 0 Å². The van der Waals surface area contributed by atoms with Crippen molar-refractivity contribution < 1.29 is 27.5 Å². The monoisotopic (exact) mass is 517 g/mol. The smallest absolute Gasteiger partial charge is 0.353 e. The molecule has 192 valence electrons. The number of nitrogens with one attached hydrogen (secondary N) is 1. The normalized spacial score (nSPS) is 16.8. The molecule has 12 heteroatoms. The maximum atomic E-state index is 12.9. The Morgan fingerprint density at radius 2 is 1.92 bits per heavy atom. The van der Waals surface area contributed by atoms with Crippen LogP contribution >= 0.6 is 0 Å². The van der Waals surface area contributed by atoms with Crippen molar-refractivity contribution in [2.75, 3.05) is 26.2 Å². The van der Waals surface area contributed by atoms with E-state index in [0.717, 1.165) is 37.3 Å². The largest absolute Gasteiger partial charge is 0.477 e. The first-order chi connectivity index (χ1) is 17.3. The second-order valence-corrected chi connectivity index (χ2v) is 10.3. The van der Waals surface area contributed by atoms with Gasteiger partial charge < -0.3 is 15.3 Å². The second-order valence-electron chi connectivity index (χ2n) is 8.38. The van der Waals surface area contributed by atoms with Gasteiger partial charge in [-0.15, -0.1) is 0 Å². The number of pyridine rings is 1. The highest BCUT2D eigenvalue weighted by Crippen LogP contribution is 2.36. The molecule has 0 aliphatic carbocycles. The van der Waals surface area contributed by atoms with Crippen LogP contribution in [0.2, 0.25) is 0 Å². The number of carbonyl (C=O) groups is 1. The van der Waals surface area contributed by atoms with Crippen LogP contribution in [-0.2, 0) is 26.1 Å². The van der Waals surface area contributed by atoms with Gasteiger partial charge in [0.2, 0.25) is 10.0 Å². The Morgan fingerprint density at radius 1 is 1.19 bits per heavy atom. The summed E-state index contributed by atoms with van der Waals surface area (Å²) in [5.74, 6) is -1.62. The summed E-state index contributed by atoms with van der Waals surface area (Å²) in [5.41, 5.74) is 0.314. The lowest BCUT2D eigenvalue weighted by Crippen LogP contribution is -2.47. The Balaban J connectivity index is 0.000000236. The van der Waals surface area contributed by atoms with Crippen LogP contribution in [0.25, 0.3) is 0 Å². The van der Waals surface area contributed by atoms with Crippen LogP contribution in [0.5, 0.6) is 0 Å². The van der Waals surface area contributed by atoms with E-state index in [4.69, 9.17) is 15.2 Å². The molecule has 0 atom stereocenters. The number of nitriles is 1. The highest BCUT2D eigenvalue weighted by molar-refractivity contribution is 7.89. The summed E-state index contributed by atoms with van der Waals surface area (Å²) < 4.78 is 39.3. The van der Waals surface area contributed by atoms with Gasteiger partial charge in [-0.1, -0.05) is 11.2 Å². The van der Waals surface area contributed by atoms with Crippen LogP contribution < -0.4 is 5.32 Å². The van der Waals surface area contributed by atoms with Crippen molar-refractivity contribution in [2.24, 2.45) is 5.16 Å². The zero-order chi connectivity index (χ0) is 26.0. The van der Waals surface area contributed by atoms with E-state index in [1.807, 2.05) is 18.2 Å². The molecule has 4 rings (SSSR count). The summed E-state index contributed by atoms with van der Waals surface area (Å²) in [6.07, 6.45) is 4.17. The van der Waals surface area contributed by atoms with E-state index < -0.39 is 27.4 Å². The minimum Gasteiger partial charge on any atom is -0.477 e. The molecule has 0 saturated carbocycles. The number of rotatable bonds is 8. The Labute approximate surface area is 209 Å². The lowest BCUT2D eigenvalue weighted by Gasteiger charge is -2.36. The summed E-state index contributed by atoms with van der Waals surface area (Å²) in [4.78, 5) is 20.4. The molecule has 2 N–H and O–H groups in total. The topological polar surface area (TPSA) is 145 Å². The quantitative estimate of drug-likeness (QED) is 0.508. The van der Waals surface area contributed by atoms with Crippen molar-refractivity contribution in [2.45, 2.75) is 42.6 Å². The minimum absolute atomic E-state index is 0.0321. The predicted molar refractivity (Wildman–Crippen MR) is 129 cm³/mol. The van der Waals surface area contributed by atoms with Gasteiger partial charge in [0.25, 0.3) is 0 Å². The first kappa shape index (κ1) is 27.2. The Hall–Kier alpha value is -3.40. The SMILES string of the molecule is N#CCCNCCc1ccccn1.O=C(O)C1=NOC2(CCN(S(=O)(=O)c3ccc(F)cc3)CC2)C1. The van der Waals surface area contributed by atoms with Crippen molar-refractivity contribution in [3.63, 3.8) is 0 Å². The van der Waals surface area contributed by atoms with Crippen molar-refractivity contribution in [1.82, 2.24) is 14.6 Å². The molecule has 3 heterocycles. The number of hydrogen-bond acceptors (Lipinski definition) is 8. The van der Waals surface area contributed by atoms with E-state index in [9.17, 15) is 17.6 Å². The van der Waals surface area contributed by atoms with Gasteiger partial charge in [0.15, 0.2) is 5.71 Å². The van der Waals surface area contributed by atoms with Crippen molar-refractivity contribution >= 4 is 21.7 Å². The summed E-state index contributed by atoms with van der Waals surface area (Å²) in [7, 11) is -3.70. The fourth-order valence-electron chi connectivity index (χ4n) is 3.83. The van der Waals surface area contributed by atoms with E-state index in [2.05, 4.69) is 21.5 Å². The standard InChI is InChI=1S/C14H15FN2O5S.C10H13N3/c15-10-1-3-11(4-2-10)23(20,21)17-7-5-14(6-8-17)9-12(13(18)19)16-22-14;11-6-3-7-12-9-5-10-4-1-2-8-13-10/h1-4H,5-9H2,(H,18,19);1-2,4,8,12H,3,5,7,9H2. The zero-order valence-corrected chi connectivity index (χ0v) is 20.5. The first-order valence-electron chi connectivity index (χ1n) is 11.5. The van der Waals surface area contributed by atoms with Gasteiger partial charge in [-0.25, -0.2) is 17.6 Å². The Bertz CT molecular complexity index is 1190. The van der Waals surface area contributed by atoms with E-state index in [1.54, 1.807) is 6.20 Å². The number of aliphatic carboxylic acids is 1. The lowest BCUT2D eigenvalue weighted by atomic mass is 9.88. The third-order valence-corrected chi connectivity index (χ3v) is 7.78. The Morgan fingerprint density at radius 3 is 2.50 bits per heavy atom. The number of aromatic nitrogens is 1. The molecule has 0 radical (unpaired) electrons. The van der Waals surface area contributed by atoms with Gasteiger partial charge in [0.05, 0.1) is 11.0 Å². The third kappa shape index (κ3) is 7.30. The summed E-state index contributed by atoms with van der Waals surface area (Å²) in [6, 6.07) is 12.7. The van der Waals surface area contributed by atoms with E-state index in [0.29, 0.717) is 19.3 Å². The fraction of sp³-hybridized carbons (Fsp3) is 0.417. The van der Waals surface area contributed by atoms with Gasteiger partial charge >= 0.3 is 5.97 Å². The van der Waals surface area contributed by atoms with Crippen LogP contribution in [0.1, 0.15) is 31.4 Å². The molecule has 1 aromatic carbocycles. The van der Waals surface area contributed by atoms with Gasteiger partial charge in [-0.3, -0.25) is 4.98 Å². The van der Waals surface area contributed by atoms with E-state index in [1.165, 1.54) is 16.4 Å². The van der Waals surface area contributed by atoms with Gasteiger partial charge in [0.1, 0.15) is 11.4 Å². The molecule has 2 aliphatic heterocycles. The summed E-state index contributed by atoms with van der Waals surface area (Å²) in [6.45, 7) is 2.05. The second kappa shape index (κ2) is 12.5. The summed E-state index contributed by atoms with van der Waals surface area (Å²) in [5, 5.41) is 24.0. The van der Waals surface area contributed by atoms with Gasteiger partial charge in [0, 0.05) is 70.2 Å². The number of carboxylic acids is 1. The molecule has 1 aromatic heterocycles. The van der Waals surface area contributed by atoms with Crippen LogP contribution in [0.15, 0.2) is 58.7 Å². The number of piperidine rings is 1. The zero-order valence-electron chi connectivity index (χ0n) is 19.6. The van der Waals surface area contributed by atoms with Crippen molar-refractivity contribution in [1.29, 1.82) is 5.26 Å². The summed E-state index contributed by atoms with van der Waals surface area (Å²) >= 11 is 0. The Kier molecular flexibility index (Phi) is 9.46. The molecule has 36 heavy (non-hydrogen) atoms. The number of hydrogen-bond donors (Lipinski definition) is 2. The molecule has 1 saturated heterocycles. The highest BCUT2D eigenvalue weighted by Gasteiger charge is 2.45. The van der Waals surface area contributed by atoms with Crippen molar-refractivity contribution in [3.8, 4) is 6.07 Å². The molecule has 0 amide bonds. The molecule has 1 fully saturated rings. The molecule has 0 unspecified atom stereocenters. The number of carboxylic acid groups (broad SMARTS) is 1. The fourth-order valence-corrected chi connectivity index (χ4v) is 5.27. The third-order valence-electron chi connectivity index (χ3n) is 5.87. The molecular weight excluding hydrogens is 489 g/mol. The predicted octanol–water partition coefficient (Wildman–Crippen LogP) is 2.34. The maximum absolute atomic E-state index is 12.9. The molecule has 0 bridgehead atoms. The molecule has 1 spiro atoms. The van der Waals surface area contributed by atoms with Crippen LogP contribution in [0.3, 0.4) is 0 Å². The maximum Gasteiger partial charge on any atom is 0.353 e. The molecule has 2 aliphatic rings. The van der Waals surface area contributed by atoms with E-state index in [-0.39, 0.29) is 30.1 Å². The van der Waals surface area contributed by atoms with Crippen molar-refractivity contribution in [3.05, 3.63) is 60.2 Å². The average molecular weight is 518 g/mol. The van der Waals surface area contributed by atoms with Crippen LogP contribution in [0, 0.1) is 17.1 Å². The molecule has 2 aromatic rings.